The van der Waals surface area contributed by atoms with Crippen LogP contribution in [-0.2, 0) is 20.6 Å². The molecule has 118 valence electrons. The van der Waals surface area contributed by atoms with Crippen molar-refractivity contribution in [1.82, 2.24) is 0 Å². The van der Waals surface area contributed by atoms with E-state index in [1.54, 1.807) is 6.26 Å². The fourth-order valence-electron chi connectivity index (χ4n) is 1.62. The summed E-state index contributed by atoms with van der Waals surface area (Å²) < 4.78 is 34.1. The molecule has 2 unspecified atom stereocenters. The molecule has 0 amide bonds. The Morgan fingerprint density at radius 2 is 2.05 bits per heavy atom. The van der Waals surface area contributed by atoms with E-state index in [1.165, 1.54) is 12.1 Å². The second-order valence-electron chi connectivity index (χ2n) is 4.73. The van der Waals surface area contributed by atoms with E-state index in [9.17, 15) is 22.7 Å². The van der Waals surface area contributed by atoms with Gasteiger partial charge in [-0.3, -0.25) is 14.3 Å². The van der Waals surface area contributed by atoms with Crippen molar-refractivity contribution in [2.75, 3.05) is 24.4 Å². The van der Waals surface area contributed by atoms with Crippen LogP contribution in [-0.4, -0.2) is 41.9 Å². The Labute approximate surface area is 126 Å². The second-order valence-corrected chi connectivity index (χ2v) is 8.55. The van der Waals surface area contributed by atoms with Crippen LogP contribution in [0.25, 0.3) is 0 Å². The van der Waals surface area contributed by atoms with Gasteiger partial charge in [-0.05, 0) is 18.6 Å². The maximum absolute atomic E-state index is 11.4. The summed E-state index contributed by atoms with van der Waals surface area (Å²) in [6.07, 6.45) is 3.19. The maximum atomic E-state index is 11.4. The van der Waals surface area contributed by atoms with Crippen LogP contribution >= 0.6 is 0 Å². The molecule has 0 saturated carbocycles. The Morgan fingerprint density at radius 1 is 1.43 bits per heavy atom. The van der Waals surface area contributed by atoms with E-state index in [1.807, 2.05) is 6.92 Å². The number of hydrogen-bond acceptors (Lipinski definition) is 6. The van der Waals surface area contributed by atoms with Crippen LogP contribution in [0.15, 0.2) is 23.1 Å². The maximum Gasteiger partial charge on any atom is 0.293 e. The summed E-state index contributed by atoms with van der Waals surface area (Å²) >= 11 is 0. The third-order valence-electron chi connectivity index (χ3n) is 3.03. The largest absolute Gasteiger partial charge is 0.379 e. The molecular weight excluding hydrogens is 316 g/mol. The lowest BCUT2D eigenvalue weighted by molar-refractivity contribution is -0.384. The molecule has 0 aliphatic carbocycles. The molecule has 1 N–H and O–H groups in total. The summed E-state index contributed by atoms with van der Waals surface area (Å²) in [4.78, 5) is 10.3. The minimum absolute atomic E-state index is 0.0214. The molecule has 21 heavy (non-hydrogen) atoms. The molecule has 0 spiro atoms. The number of nitro benzene ring substituents is 1. The summed E-state index contributed by atoms with van der Waals surface area (Å²) in [7, 11) is -4.44. The van der Waals surface area contributed by atoms with E-state index in [0.717, 1.165) is 12.3 Å². The summed E-state index contributed by atoms with van der Waals surface area (Å²) in [6.45, 7) is 2.25. The van der Waals surface area contributed by atoms with E-state index >= 15 is 0 Å². The van der Waals surface area contributed by atoms with Crippen molar-refractivity contribution >= 4 is 32.0 Å². The molecule has 0 radical (unpaired) electrons. The lowest BCUT2D eigenvalue weighted by Gasteiger charge is -2.11. The summed E-state index contributed by atoms with van der Waals surface area (Å²) in [5.41, 5.74) is -0.0373. The first-order chi connectivity index (χ1) is 9.62. The monoisotopic (exact) mass is 334 g/mol. The Kier molecular flexibility index (Phi) is 5.85. The zero-order chi connectivity index (χ0) is 16.2. The van der Waals surface area contributed by atoms with Crippen molar-refractivity contribution in [3.8, 4) is 0 Å². The topological polar surface area (TPSA) is 106 Å². The van der Waals surface area contributed by atoms with Crippen molar-refractivity contribution < 1.29 is 17.6 Å². The molecule has 9 heteroatoms. The summed E-state index contributed by atoms with van der Waals surface area (Å²) in [5.74, 6) is 0. The predicted molar refractivity (Wildman–Crippen MR) is 82.8 cm³/mol. The average Bonchev–Trinajstić information content (AvgIpc) is 2.37. The number of nitro groups is 1. The van der Waals surface area contributed by atoms with Crippen molar-refractivity contribution in [2.45, 2.75) is 23.5 Å². The minimum Gasteiger partial charge on any atom is -0.379 e. The van der Waals surface area contributed by atoms with Gasteiger partial charge in [0.2, 0.25) is 0 Å². The number of anilines is 1. The number of nitrogens with zero attached hydrogens (tertiary/aromatic N) is 1. The Hall–Kier alpha value is -1.48. The second kappa shape index (κ2) is 6.99. The van der Waals surface area contributed by atoms with Crippen LogP contribution in [0.3, 0.4) is 0 Å². The van der Waals surface area contributed by atoms with E-state index in [2.05, 4.69) is 5.32 Å². The van der Waals surface area contributed by atoms with Gasteiger partial charge in [-0.1, -0.05) is 6.92 Å². The first-order valence-corrected chi connectivity index (χ1v) is 9.68. The lowest BCUT2D eigenvalue weighted by Crippen LogP contribution is -2.15. The first-order valence-electron chi connectivity index (χ1n) is 6.17. The van der Waals surface area contributed by atoms with Gasteiger partial charge in [0.25, 0.3) is 5.69 Å². The van der Waals surface area contributed by atoms with Crippen LogP contribution in [0.5, 0.6) is 0 Å². The predicted octanol–water partition coefficient (Wildman–Crippen LogP) is 1.57. The van der Waals surface area contributed by atoms with Gasteiger partial charge in [0.1, 0.15) is 5.69 Å². The van der Waals surface area contributed by atoms with Gasteiger partial charge in [0.05, 0.1) is 9.82 Å². The SMILES string of the molecule is CC(CCNc1ccc(S(C)(=O)=O)cc1[N+](=O)[O-])S(C)=O. The van der Waals surface area contributed by atoms with E-state index in [4.69, 9.17) is 0 Å². The Bertz CT molecular complexity index is 658. The fourth-order valence-corrected chi connectivity index (χ4v) is 2.71. The van der Waals surface area contributed by atoms with Gasteiger partial charge in [-0.2, -0.15) is 0 Å². The molecule has 0 bridgehead atoms. The highest BCUT2D eigenvalue weighted by molar-refractivity contribution is 7.90. The third kappa shape index (κ3) is 5.09. The van der Waals surface area contributed by atoms with Crippen LogP contribution in [0.1, 0.15) is 13.3 Å². The van der Waals surface area contributed by atoms with Crippen LogP contribution in [0, 0.1) is 10.1 Å². The fraction of sp³-hybridized carbons (Fsp3) is 0.500. The van der Waals surface area contributed by atoms with E-state index in [-0.39, 0.29) is 21.5 Å². The van der Waals surface area contributed by atoms with Gasteiger partial charge in [0, 0.05) is 41.2 Å². The third-order valence-corrected chi connectivity index (χ3v) is 5.51. The minimum atomic E-state index is -3.49. The van der Waals surface area contributed by atoms with Crippen LogP contribution < -0.4 is 5.32 Å². The van der Waals surface area contributed by atoms with Gasteiger partial charge in [-0.15, -0.1) is 0 Å². The van der Waals surface area contributed by atoms with Crippen LogP contribution in [0.2, 0.25) is 0 Å². The summed E-state index contributed by atoms with van der Waals surface area (Å²) in [5, 5.41) is 13.9. The lowest BCUT2D eigenvalue weighted by atomic mass is 10.2. The Balaban J connectivity index is 2.93. The van der Waals surface area contributed by atoms with E-state index < -0.39 is 25.6 Å². The first kappa shape index (κ1) is 17.6. The van der Waals surface area contributed by atoms with Gasteiger partial charge in [0.15, 0.2) is 9.84 Å². The van der Waals surface area contributed by atoms with Gasteiger partial charge < -0.3 is 5.32 Å². The number of nitrogens with one attached hydrogen (secondary N) is 1. The molecule has 0 heterocycles. The molecule has 0 aliphatic rings. The van der Waals surface area contributed by atoms with Crippen molar-refractivity contribution in [2.24, 2.45) is 0 Å². The highest BCUT2D eigenvalue weighted by Gasteiger charge is 2.18. The molecular formula is C12H18N2O5S2. The normalized spacial score (nSPS) is 14.4. The molecule has 7 nitrogen and oxygen atoms in total. The zero-order valence-corrected chi connectivity index (χ0v) is 13.7. The molecule has 0 aromatic heterocycles. The van der Waals surface area contributed by atoms with Crippen molar-refractivity contribution in [3.05, 3.63) is 28.3 Å². The molecule has 0 saturated heterocycles. The Morgan fingerprint density at radius 3 is 2.52 bits per heavy atom. The molecule has 2 atom stereocenters. The zero-order valence-electron chi connectivity index (χ0n) is 12.0. The highest BCUT2D eigenvalue weighted by Crippen LogP contribution is 2.27. The molecule has 1 aromatic rings. The molecule has 0 aliphatic heterocycles. The van der Waals surface area contributed by atoms with E-state index in [0.29, 0.717) is 13.0 Å². The smallest absolute Gasteiger partial charge is 0.293 e. The highest BCUT2D eigenvalue weighted by atomic mass is 32.2. The summed E-state index contributed by atoms with van der Waals surface area (Å²) in [6, 6.07) is 3.74. The standard InChI is InChI=1S/C12H18N2O5S2/c1-9(20(2)17)6-7-13-11-5-4-10(21(3,18)19)8-12(11)14(15)16/h4-5,8-9,13H,6-7H2,1-3H3. The quantitative estimate of drug-likeness (QED) is 0.599. The number of rotatable bonds is 7. The van der Waals surface area contributed by atoms with Crippen molar-refractivity contribution in [3.63, 3.8) is 0 Å². The number of sulfone groups is 1. The van der Waals surface area contributed by atoms with Crippen LogP contribution in [0.4, 0.5) is 11.4 Å². The molecule has 0 fully saturated rings. The molecule has 1 rings (SSSR count). The van der Waals surface area contributed by atoms with Gasteiger partial charge in [-0.25, -0.2) is 8.42 Å². The number of benzene rings is 1. The number of hydrogen-bond donors (Lipinski definition) is 1. The van der Waals surface area contributed by atoms with Gasteiger partial charge >= 0.3 is 0 Å². The van der Waals surface area contributed by atoms with Crippen molar-refractivity contribution in [1.29, 1.82) is 0 Å². The molecule has 1 aromatic carbocycles. The average molecular weight is 334 g/mol.